The van der Waals surface area contributed by atoms with E-state index in [0.717, 1.165) is 48.3 Å². The molecule has 0 amide bonds. The molecule has 160 valence electrons. The first-order valence-corrected chi connectivity index (χ1v) is 11.5. The number of carbonyl (C=O) groups is 1. The third-order valence-corrected chi connectivity index (χ3v) is 5.97. The molecule has 0 bridgehead atoms. The van der Waals surface area contributed by atoms with Crippen molar-refractivity contribution in [3.05, 3.63) is 65.2 Å². The summed E-state index contributed by atoms with van der Waals surface area (Å²) in [5.41, 5.74) is 2.83. The average molecular weight is 413 g/mol. The summed E-state index contributed by atoms with van der Waals surface area (Å²) < 4.78 is 5.64. The molecule has 1 fully saturated rings. The fraction of sp³-hybridized carbons (Fsp3) is 0.414. The van der Waals surface area contributed by atoms with Gasteiger partial charge in [-0.3, -0.25) is 4.79 Å². The van der Waals surface area contributed by atoms with Crippen molar-refractivity contribution in [2.24, 2.45) is 11.8 Å². The standard InChI is InChI=1S/C29H32O2/c1-3-5-6-8-24-15-19-27(20-16-24)29(30)31-28-21-17-26(18-22-28)14-13-25-11-9-23(7-4-2)10-12-25/h9-12,17-18,21-22,24,27H,3,5-6,8,15-16,19-20H2,1-2H3. The Morgan fingerprint density at radius 1 is 0.839 bits per heavy atom. The Hall–Kier alpha value is -2.97. The molecule has 2 aromatic carbocycles. The minimum Gasteiger partial charge on any atom is -0.426 e. The van der Waals surface area contributed by atoms with Gasteiger partial charge in [-0.15, -0.1) is 5.92 Å². The highest BCUT2D eigenvalue weighted by molar-refractivity contribution is 5.75. The maximum Gasteiger partial charge on any atom is 0.314 e. The number of benzene rings is 2. The Bertz CT molecular complexity index is 954. The minimum absolute atomic E-state index is 0.0438. The van der Waals surface area contributed by atoms with Crippen LogP contribution >= 0.6 is 0 Å². The summed E-state index contributed by atoms with van der Waals surface area (Å²) in [7, 11) is 0. The number of hydrogen-bond acceptors (Lipinski definition) is 2. The van der Waals surface area contributed by atoms with Crippen molar-refractivity contribution in [1.29, 1.82) is 0 Å². The van der Waals surface area contributed by atoms with Gasteiger partial charge in [0.1, 0.15) is 5.75 Å². The third kappa shape index (κ3) is 7.34. The van der Waals surface area contributed by atoms with Crippen LogP contribution in [0.3, 0.4) is 0 Å². The van der Waals surface area contributed by atoms with Gasteiger partial charge in [0.05, 0.1) is 5.92 Å². The highest BCUT2D eigenvalue weighted by Crippen LogP contribution is 2.33. The van der Waals surface area contributed by atoms with Crippen molar-refractivity contribution < 1.29 is 9.53 Å². The Balaban J connectivity index is 1.48. The molecule has 0 atom stereocenters. The van der Waals surface area contributed by atoms with Crippen LogP contribution < -0.4 is 4.74 Å². The molecule has 0 aliphatic heterocycles. The summed E-state index contributed by atoms with van der Waals surface area (Å²) in [5, 5.41) is 0. The van der Waals surface area contributed by atoms with Crippen molar-refractivity contribution in [3.8, 4) is 29.4 Å². The first-order chi connectivity index (χ1) is 15.2. The molecular weight excluding hydrogens is 380 g/mol. The Labute approximate surface area is 187 Å². The number of hydrogen-bond donors (Lipinski definition) is 0. The zero-order valence-corrected chi connectivity index (χ0v) is 18.7. The minimum atomic E-state index is -0.0823. The molecule has 0 aromatic heterocycles. The van der Waals surface area contributed by atoms with E-state index in [0.29, 0.717) is 5.75 Å². The van der Waals surface area contributed by atoms with Crippen LogP contribution in [0, 0.1) is 35.5 Å². The van der Waals surface area contributed by atoms with Gasteiger partial charge in [0.15, 0.2) is 0 Å². The van der Waals surface area contributed by atoms with Crippen LogP contribution in [0.5, 0.6) is 5.75 Å². The molecular formula is C29H32O2. The van der Waals surface area contributed by atoms with Gasteiger partial charge in [-0.05, 0) is 87.1 Å². The van der Waals surface area contributed by atoms with Gasteiger partial charge in [0.2, 0.25) is 0 Å². The number of rotatable bonds is 6. The van der Waals surface area contributed by atoms with Crippen LogP contribution in [-0.2, 0) is 4.79 Å². The fourth-order valence-electron chi connectivity index (χ4n) is 4.10. The molecule has 0 saturated heterocycles. The van der Waals surface area contributed by atoms with Crippen molar-refractivity contribution in [2.75, 3.05) is 0 Å². The van der Waals surface area contributed by atoms with Gasteiger partial charge in [-0.1, -0.05) is 50.4 Å². The van der Waals surface area contributed by atoms with Crippen LogP contribution in [0.25, 0.3) is 0 Å². The summed E-state index contributed by atoms with van der Waals surface area (Å²) in [4.78, 5) is 12.5. The molecule has 1 aliphatic rings. The molecule has 2 nitrogen and oxygen atoms in total. The molecule has 1 aliphatic carbocycles. The van der Waals surface area contributed by atoms with Crippen LogP contribution in [-0.4, -0.2) is 5.97 Å². The predicted molar refractivity (Wildman–Crippen MR) is 127 cm³/mol. The van der Waals surface area contributed by atoms with Crippen LogP contribution in [0.1, 0.15) is 81.9 Å². The average Bonchev–Trinajstić information content (AvgIpc) is 2.80. The molecule has 2 aromatic rings. The molecule has 0 radical (unpaired) electrons. The number of unbranched alkanes of at least 4 members (excludes halogenated alkanes) is 2. The zero-order valence-electron chi connectivity index (χ0n) is 18.7. The first kappa shape index (κ1) is 22.7. The Kier molecular flexibility index (Phi) is 8.81. The van der Waals surface area contributed by atoms with Gasteiger partial charge in [-0.2, -0.15) is 0 Å². The predicted octanol–water partition coefficient (Wildman–Crippen LogP) is 6.75. The molecule has 0 unspecified atom stereocenters. The maximum atomic E-state index is 12.5. The normalized spacial score (nSPS) is 17.6. The van der Waals surface area contributed by atoms with E-state index in [1.165, 1.54) is 25.7 Å². The lowest BCUT2D eigenvalue weighted by Gasteiger charge is -2.27. The quantitative estimate of drug-likeness (QED) is 0.227. The number of carbonyl (C=O) groups excluding carboxylic acids is 1. The SMILES string of the molecule is CC#Cc1ccc(C#Cc2ccc(OC(=O)C3CCC(CCCCC)CC3)cc2)cc1. The van der Waals surface area contributed by atoms with E-state index in [4.69, 9.17) is 4.74 Å². The van der Waals surface area contributed by atoms with E-state index in [9.17, 15) is 4.79 Å². The lowest BCUT2D eigenvalue weighted by molar-refractivity contribution is -0.140. The Morgan fingerprint density at radius 2 is 1.39 bits per heavy atom. The van der Waals surface area contributed by atoms with Crippen LogP contribution in [0.4, 0.5) is 0 Å². The monoisotopic (exact) mass is 412 g/mol. The van der Waals surface area contributed by atoms with E-state index in [-0.39, 0.29) is 11.9 Å². The fourth-order valence-corrected chi connectivity index (χ4v) is 4.10. The highest BCUT2D eigenvalue weighted by Gasteiger charge is 2.27. The van der Waals surface area contributed by atoms with Gasteiger partial charge >= 0.3 is 5.97 Å². The Morgan fingerprint density at radius 3 is 1.94 bits per heavy atom. The van der Waals surface area contributed by atoms with Gasteiger partial charge < -0.3 is 4.74 Å². The molecule has 3 rings (SSSR count). The summed E-state index contributed by atoms with van der Waals surface area (Å²) in [6, 6.07) is 15.4. The zero-order chi connectivity index (χ0) is 21.9. The summed E-state index contributed by atoms with van der Waals surface area (Å²) >= 11 is 0. The molecule has 31 heavy (non-hydrogen) atoms. The first-order valence-electron chi connectivity index (χ1n) is 11.5. The van der Waals surface area contributed by atoms with Crippen LogP contribution in [0.15, 0.2) is 48.5 Å². The number of esters is 1. The second kappa shape index (κ2) is 12.0. The second-order valence-electron chi connectivity index (χ2n) is 8.36. The van der Waals surface area contributed by atoms with Crippen molar-refractivity contribution in [1.82, 2.24) is 0 Å². The topological polar surface area (TPSA) is 26.3 Å². The lowest BCUT2D eigenvalue weighted by atomic mass is 9.80. The third-order valence-electron chi connectivity index (χ3n) is 5.97. The van der Waals surface area contributed by atoms with Crippen molar-refractivity contribution >= 4 is 5.97 Å². The van der Waals surface area contributed by atoms with Crippen molar-refractivity contribution in [3.63, 3.8) is 0 Å². The molecule has 2 heteroatoms. The van der Waals surface area contributed by atoms with Crippen LogP contribution in [0.2, 0.25) is 0 Å². The smallest absolute Gasteiger partial charge is 0.314 e. The number of ether oxygens (including phenoxy) is 1. The second-order valence-corrected chi connectivity index (χ2v) is 8.36. The van der Waals surface area contributed by atoms with E-state index in [1.54, 1.807) is 0 Å². The molecule has 0 N–H and O–H groups in total. The highest BCUT2D eigenvalue weighted by atomic mass is 16.5. The summed E-state index contributed by atoms with van der Waals surface area (Å²) in [6.45, 7) is 4.07. The maximum absolute atomic E-state index is 12.5. The molecule has 0 spiro atoms. The molecule has 0 heterocycles. The summed E-state index contributed by atoms with van der Waals surface area (Å²) in [5.74, 6) is 13.6. The van der Waals surface area contributed by atoms with E-state index in [2.05, 4.69) is 30.6 Å². The lowest BCUT2D eigenvalue weighted by Crippen LogP contribution is -2.25. The summed E-state index contributed by atoms with van der Waals surface area (Å²) in [6.07, 6.45) is 9.47. The largest absolute Gasteiger partial charge is 0.426 e. The van der Waals surface area contributed by atoms with E-state index < -0.39 is 0 Å². The van der Waals surface area contributed by atoms with E-state index in [1.807, 2.05) is 55.5 Å². The van der Waals surface area contributed by atoms with Crippen molar-refractivity contribution in [2.45, 2.75) is 65.2 Å². The van der Waals surface area contributed by atoms with Gasteiger partial charge in [0, 0.05) is 16.7 Å². The van der Waals surface area contributed by atoms with Gasteiger partial charge in [-0.25, -0.2) is 0 Å². The van der Waals surface area contributed by atoms with Gasteiger partial charge in [0.25, 0.3) is 0 Å². The van der Waals surface area contributed by atoms with E-state index >= 15 is 0 Å². The molecule has 1 saturated carbocycles.